The first-order valence-corrected chi connectivity index (χ1v) is 8.10. The van der Waals surface area contributed by atoms with Crippen molar-refractivity contribution in [2.75, 3.05) is 5.32 Å². The van der Waals surface area contributed by atoms with Gasteiger partial charge in [-0.2, -0.15) is 0 Å². The van der Waals surface area contributed by atoms with Crippen LogP contribution >= 0.6 is 0 Å². The van der Waals surface area contributed by atoms with Crippen LogP contribution in [0.2, 0.25) is 0 Å². The summed E-state index contributed by atoms with van der Waals surface area (Å²) in [4.78, 5) is 46.0. The number of para-hydroxylation sites is 2. The standard InChI is InChI=1S/C18H15N5O3/c1-2-23-14-8-7-10(9-13(14)19-16(25)17(23)26)15(24)22-18-20-11-5-3-4-6-12(11)21-18/h3-9H,2H2,1H3,(H,19,25)(H2,20,21,22,24). The molecule has 8 heteroatoms. The lowest BCUT2D eigenvalue weighted by atomic mass is 10.1. The van der Waals surface area contributed by atoms with Crippen LogP contribution < -0.4 is 16.4 Å². The molecular formula is C18H15N5O3. The second-order valence-electron chi connectivity index (χ2n) is 5.79. The topological polar surface area (TPSA) is 113 Å². The summed E-state index contributed by atoms with van der Waals surface area (Å²) in [6, 6.07) is 12.2. The molecule has 0 bridgehead atoms. The lowest BCUT2D eigenvalue weighted by molar-refractivity contribution is 0.102. The summed E-state index contributed by atoms with van der Waals surface area (Å²) in [6.07, 6.45) is 0. The number of hydrogen-bond donors (Lipinski definition) is 3. The maximum atomic E-state index is 12.5. The van der Waals surface area contributed by atoms with E-state index in [0.717, 1.165) is 11.0 Å². The number of carbonyl (C=O) groups excluding carboxylic acids is 1. The predicted octanol–water partition coefficient (Wildman–Crippen LogP) is 1.84. The van der Waals surface area contributed by atoms with Gasteiger partial charge in [0.2, 0.25) is 5.95 Å². The number of nitrogens with one attached hydrogen (secondary N) is 3. The molecule has 1 amide bonds. The van der Waals surface area contributed by atoms with Gasteiger partial charge >= 0.3 is 11.1 Å². The highest BCUT2D eigenvalue weighted by Gasteiger charge is 2.12. The molecule has 0 atom stereocenters. The van der Waals surface area contributed by atoms with Crippen LogP contribution in [-0.2, 0) is 6.54 Å². The lowest BCUT2D eigenvalue weighted by Gasteiger charge is -2.08. The van der Waals surface area contributed by atoms with Crippen LogP contribution in [-0.4, -0.2) is 25.4 Å². The fourth-order valence-corrected chi connectivity index (χ4v) is 2.93. The van der Waals surface area contributed by atoms with Gasteiger partial charge in [0.25, 0.3) is 5.91 Å². The molecule has 2 aromatic carbocycles. The molecule has 4 rings (SSSR count). The van der Waals surface area contributed by atoms with E-state index in [4.69, 9.17) is 0 Å². The molecule has 4 aromatic rings. The van der Waals surface area contributed by atoms with Crippen LogP contribution in [0.15, 0.2) is 52.1 Å². The Bertz CT molecular complexity index is 1230. The molecule has 0 radical (unpaired) electrons. The van der Waals surface area contributed by atoms with Gasteiger partial charge in [0.15, 0.2) is 0 Å². The zero-order chi connectivity index (χ0) is 18.3. The molecule has 26 heavy (non-hydrogen) atoms. The molecule has 0 spiro atoms. The number of H-pyrrole nitrogens is 2. The summed E-state index contributed by atoms with van der Waals surface area (Å²) < 4.78 is 1.37. The van der Waals surface area contributed by atoms with Gasteiger partial charge in [-0.15, -0.1) is 0 Å². The number of carbonyl (C=O) groups is 1. The third kappa shape index (κ3) is 2.57. The average Bonchev–Trinajstić information content (AvgIpc) is 3.04. The molecule has 0 fully saturated rings. The molecule has 0 aliphatic rings. The van der Waals surface area contributed by atoms with Crippen LogP contribution in [0.1, 0.15) is 17.3 Å². The number of nitrogens with zero attached hydrogens (tertiary/aromatic N) is 2. The second-order valence-corrected chi connectivity index (χ2v) is 5.79. The molecule has 0 aliphatic carbocycles. The van der Waals surface area contributed by atoms with Crippen molar-refractivity contribution >= 4 is 33.9 Å². The lowest BCUT2D eigenvalue weighted by Crippen LogP contribution is -2.36. The van der Waals surface area contributed by atoms with E-state index < -0.39 is 11.1 Å². The van der Waals surface area contributed by atoms with E-state index in [2.05, 4.69) is 20.3 Å². The Labute approximate surface area is 146 Å². The number of aryl methyl sites for hydroxylation is 1. The number of fused-ring (bicyclic) bond motifs is 2. The first-order valence-electron chi connectivity index (χ1n) is 8.10. The van der Waals surface area contributed by atoms with E-state index >= 15 is 0 Å². The summed E-state index contributed by atoms with van der Waals surface area (Å²) in [5.41, 5.74) is 1.57. The maximum absolute atomic E-state index is 12.5. The number of imidazole rings is 1. The Morgan fingerprint density at radius 2 is 1.92 bits per heavy atom. The minimum atomic E-state index is -0.714. The van der Waals surface area contributed by atoms with Gasteiger partial charge in [0, 0.05) is 12.1 Å². The van der Waals surface area contributed by atoms with E-state index in [1.807, 2.05) is 24.3 Å². The van der Waals surface area contributed by atoms with Crippen molar-refractivity contribution in [2.45, 2.75) is 13.5 Å². The Morgan fingerprint density at radius 1 is 1.12 bits per heavy atom. The largest absolute Gasteiger partial charge is 0.324 e. The van der Waals surface area contributed by atoms with Crippen LogP contribution in [0.5, 0.6) is 0 Å². The highest BCUT2D eigenvalue weighted by molar-refractivity contribution is 6.05. The zero-order valence-electron chi connectivity index (χ0n) is 13.9. The third-order valence-electron chi connectivity index (χ3n) is 4.17. The molecule has 0 unspecified atom stereocenters. The maximum Gasteiger partial charge on any atom is 0.316 e. The number of benzene rings is 2. The van der Waals surface area contributed by atoms with Crippen LogP contribution in [0.3, 0.4) is 0 Å². The predicted molar refractivity (Wildman–Crippen MR) is 98.5 cm³/mol. The summed E-state index contributed by atoms with van der Waals surface area (Å²) in [5, 5.41) is 2.70. The first kappa shape index (κ1) is 15.8. The monoisotopic (exact) mass is 349 g/mol. The second kappa shape index (κ2) is 5.99. The van der Waals surface area contributed by atoms with Crippen LogP contribution in [0.25, 0.3) is 22.1 Å². The molecule has 3 N–H and O–H groups in total. The summed E-state index contributed by atoms with van der Waals surface area (Å²) in [5.74, 6) is -0.0376. The smallest absolute Gasteiger partial charge is 0.316 e. The minimum Gasteiger partial charge on any atom is -0.324 e. The Kier molecular flexibility index (Phi) is 3.65. The van der Waals surface area contributed by atoms with Crippen molar-refractivity contribution in [2.24, 2.45) is 0 Å². The molecule has 8 nitrogen and oxygen atoms in total. The van der Waals surface area contributed by atoms with Crippen molar-refractivity contribution in [3.05, 3.63) is 68.7 Å². The number of anilines is 1. The van der Waals surface area contributed by atoms with Gasteiger partial charge in [-0.3, -0.25) is 19.7 Å². The molecular weight excluding hydrogens is 334 g/mol. The Balaban J connectivity index is 1.71. The minimum absolute atomic E-state index is 0.336. The number of aromatic amines is 2. The SMILES string of the molecule is CCn1c(=O)c(=O)[nH]c2cc(C(=O)Nc3nc4ccccc4[nH]3)ccc21. The Hall–Kier alpha value is -3.68. The van der Waals surface area contributed by atoms with Crippen molar-refractivity contribution in [3.63, 3.8) is 0 Å². The van der Waals surface area contributed by atoms with Crippen LogP contribution in [0, 0.1) is 0 Å². The third-order valence-corrected chi connectivity index (χ3v) is 4.17. The normalized spacial score (nSPS) is 11.1. The van der Waals surface area contributed by atoms with Gasteiger partial charge in [-0.25, -0.2) is 4.98 Å². The molecule has 2 heterocycles. The van der Waals surface area contributed by atoms with Gasteiger partial charge < -0.3 is 14.5 Å². The number of aromatic nitrogens is 4. The number of hydrogen-bond acceptors (Lipinski definition) is 4. The van der Waals surface area contributed by atoms with Crippen LogP contribution in [0.4, 0.5) is 5.95 Å². The summed E-state index contributed by atoms with van der Waals surface area (Å²) >= 11 is 0. The summed E-state index contributed by atoms with van der Waals surface area (Å²) in [6.45, 7) is 2.15. The van der Waals surface area contributed by atoms with E-state index in [1.54, 1.807) is 25.1 Å². The number of amides is 1. The molecule has 130 valence electrons. The zero-order valence-corrected chi connectivity index (χ0v) is 13.9. The van der Waals surface area contributed by atoms with Crippen molar-refractivity contribution in [1.29, 1.82) is 0 Å². The first-order chi connectivity index (χ1) is 12.6. The highest BCUT2D eigenvalue weighted by atomic mass is 16.2. The molecule has 0 saturated carbocycles. The van der Waals surface area contributed by atoms with Gasteiger partial charge in [-0.05, 0) is 37.3 Å². The number of rotatable bonds is 3. The van der Waals surface area contributed by atoms with E-state index in [9.17, 15) is 14.4 Å². The van der Waals surface area contributed by atoms with Crippen molar-refractivity contribution < 1.29 is 4.79 Å². The van der Waals surface area contributed by atoms with Crippen molar-refractivity contribution in [1.82, 2.24) is 19.5 Å². The Morgan fingerprint density at radius 3 is 2.69 bits per heavy atom. The average molecular weight is 349 g/mol. The highest BCUT2D eigenvalue weighted by Crippen LogP contribution is 2.16. The van der Waals surface area contributed by atoms with E-state index in [-0.39, 0.29) is 5.91 Å². The molecule has 0 saturated heterocycles. The van der Waals surface area contributed by atoms with Gasteiger partial charge in [0.1, 0.15) is 0 Å². The quantitative estimate of drug-likeness (QED) is 0.490. The van der Waals surface area contributed by atoms with Gasteiger partial charge in [0.05, 0.1) is 22.1 Å². The fraction of sp³-hybridized carbons (Fsp3) is 0.111. The molecule has 2 aromatic heterocycles. The summed E-state index contributed by atoms with van der Waals surface area (Å²) in [7, 11) is 0. The van der Waals surface area contributed by atoms with Gasteiger partial charge in [-0.1, -0.05) is 12.1 Å². The van der Waals surface area contributed by atoms with Crippen molar-refractivity contribution in [3.8, 4) is 0 Å². The fourth-order valence-electron chi connectivity index (χ4n) is 2.93. The van der Waals surface area contributed by atoms with E-state index in [1.165, 1.54) is 4.57 Å². The molecule has 0 aliphatic heterocycles. The van der Waals surface area contributed by atoms with E-state index in [0.29, 0.717) is 29.1 Å².